The maximum Gasteiger partial charge on any atom is 0.323 e. The van der Waals surface area contributed by atoms with Gasteiger partial charge in [0.25, 0.3) is 5.91 Å². The van der Waals surface area contributed by atoms with Crippen molar-refractivity contribution in [2.24, 2.45) is 5.73 Å². The second kappa shape index (κ2) is 5.34. The van der Waals surface area contributed by atoms with Gasteiger partial charge in [0, 0.05) is 18.5 Å². The van der Waals surface area contributed by atoms with Crippen molar-refractivity contribution in [2.45, 2.75) is 25.4 Å². The van der Waals surface area contributed by atoms with E-state index >= 15 is 0 Å². The first kappa shape index (κ1) is 14.9. The van der Waals surface area contributed by atoms with Gasteiger partial charge < -0.3 is 15.7 Å². The standard InChI is InChI=1S/C14H15N5O4/c1-7(20)18(6-12(21)22)9-4-10(9)19-11-5-16-3-2-8(11)13(17-19)14(15)23/h2-3,5,9-10H,4,6H2,1H3,(H2,15,23)(H,21,22). The van der Waals surface area contributed by atoms with E-state index in [1.165, 1.54) is 18.0 Å². The van der Waals surface area contributed by atoms with Crippen molar-refractivity contribution in [1.29, 1.82) is 0 Å². The highest BCUT2D eigenvalue weighted by Gasteiger charge is 2.46. The number of aliphatic carboxylic acids is 1. The summed E-state index contributed by atoms with van der Waals surface area (Å²) >= 11 is 0. The Morgan fingerprint density at radius 3 is 2.83 bits per heavy atom. The molecule has 2 aromatic heterocycles. The second-order valence-electron chi connectivity index (χ2n) is 5.46. The Balaban J connectivity index is 1.95. The number of nitrogens with two attached hydrogens (primary N) is 1. The quantitative estimate of drug-likeness (QED) is 0.783. The van der Waals surface area contributed by atoms with Crippen LogP contribution in [0.4, 0.5) is 0 Å². The lowest BCUT2D eigenvalue weighted by Gasteiger charge is -2.18. The van der Waals surface area contributed by atoms with Gasteiger partial charge in [0.1, 0.15) is 6.54 Å². The zero-order valence-electron chi connectivity index (χ0n) is 12.3. The lowest BCUT2D eigenvalue weighted by atomic mass is 10.2. The topological polar surface area (TPSA) is 131 Å². The van der Waals surface area contributed by atoms with Crippen LogP contribution >= 0.6 is 0 Å². The van der Waals surface area contributed by atoms with Crippen molar-refractivity contribution in [3.05, 3.63) is 24.2 Å². The van der Waals surface area contributed by atoms with Crippen LogP contribution in [0.3, 0.4) is 0 Å². The van der Waals surface area contributed by atoms with Crippen LogP contribution in [0.1, 0.15) is 29.9 Å². The Bertz CT molecular complexity index is 815. The molecule has 9 nitrogen and oxygen atoms in total. The number of carbonyl (C=O) groups excluding carboxylic acids is 2. The molecule has 0 radical (unpaired) electrons. The van der Waals surface area contributed by atoms with E-state index in [4.69, 9.17) is 10.8 Å². The van der Waals surface area contributed by atoms with E-state index in [1.54, 1.807) is 16.9 Å². The molecule has 1 saturated carbocycles. The second-order valence-corrected chi connectivity index (χ2v) is 5.46. The first-order chi connectivity index (χ1) is 10.9. The van der Waals surface area contributed by atoms with Gasteiger partial charge in [-0.25, -0.2) is 0 Å². The fourth-order valence-electron chi connectivity index (χ4n) is 2.79. The van der Waals surface area contributed by atoms with Crippen LogP contribution in [0, 0.1) is 0 Å². The number of carboxylic acid groups (broad SMARTS) is 1. The summed E-state index contributed by atoms with van der Waals surface area (Å²) < 4.78 is 1.60. The predicted molar refractivity (Wildman–Crippen MR) is 78.5 cm³/mol. The Labute approximate surface area is 130 Å². The van der Waals surface area contributed by atoms with E-state index < -0.39 is 11.9 Å². The van der Waals surface area contributed by atoms with E-state index in [0.717, 1.165) is 0 Å². The number of hydrogen-bond donors (Lipinski definition) is 2. The average molecular weight is 317 g/mol. The number of nitrogens with zero attached hydrogens (tertiary/aromatic N) is 4. The van der Waals surface area contributed by atoms with E-state index in [0.29, 0.717) is 17.3 Å². The van der Waals surface area contributed by atoms with Gasteiger partial charge in [-0.2, -0.15) is 5.10 Å². The van der Waals surface area contributed by atoms with Gasteiger partial charge in [0.2, 0.25) is 5.91 Å². The molecule has 2 amide bonds. The minimum absolute atomic E-state index is 0.139. The van der Waals surface area contributed by atoms with Crippen LogP contribution in [-0.4, -0.2) is 55.1 Å². The van der Waals surface area contributed by atoms with Crippen LogP contribution < -0.4 is 5.73 Å². The lowest BCUT2D eigenvalue weighted by Crippen LogP contribution is -2.37. The average Bonchev–Trinajstić information content (AvgIpc) is 3.16. The molecule has 0 aromatic carbocycles. The Morgan fingerprint density at radius 1 is 1.48 bits per heavy atom. The Kier molecular flexibility index (Phi) is 3.47. The summed E-state index contributed by atoms with van der Waals surface area (Å²) in [5.74, 6) is -2.04. The molecular formula is C14H15N5O4. The molecule has 120 valence electrons. The summed E-state index contributed by atoms with van der Waals surface area (Å²) in [5, 5.41) is 13.8. The highest BCUT2D eigenvalue weighted by molar-refractivity contribution is 6.03. The molecule has 3 rings (SSSR count). The molecule has 2 aromatic rings. The molecule has 2 heterocycles. The molecular weight excluding hydrogens is 302 g/mol. The van der Waals surface area contributed by atoms with Gasteiger partial charge in [-0.15, -0.1) is 0 Å². The summed E-state index contributed by atoms with van der Waals surface area (Å²) in [6.45, 7) is 0.965. The van der Waals surface area contributed by atoms with Crippen LogP contribution in [0.25, 0.3) is 10.9 Å². The van der Waals surface area contributed by atoms with Gasteiger partial charge in [0.15, 0.2) is 5.69 Å². The smallest absolute Gasteiger partial charge is 0.323 e. The molecule has 0 saturated heterocycles. The molecule has 2 atom stereocenters. The third-order valence-corrected chi connectivity index (χ3v) is 3.89. The zero-order chi connectivity index (χ0) is 16.7. The molecule has 0 bridgehead atoms. The van der Waals surface area contributed by atoms with E-state index in [9.17, 15) is 14.4 Å². The summed E-state index contributed by atoms with van der Waals surface area (Å²) in [6, 6.07) is 1.18. The van der Waals surface area contributed by atoms with Gasteiger partial charge >= 0.3 is 5.97 Å². The molecule has 9 heteroatoms. The fourth-order valence-corrected chi connectivity index (χ4v) is 2.79. The number of carboxylic acids is 1. The van der Waals surface area contributed by atoms with E-state index in [1.807, 2.05) is 0 Å². The van der Waals surface area contributed by atoms with E-state index in [-0.39, 0.29) is 30.2 Å². The van der Waals surface area contributed by atoms with Crippen molar-refractivity contribution >= 4 is 28.7 Å². The summed E-state index contributed by atoms with van der Waals surface area (Å²) in [7, 11) is 0. The molecule has 1 fully saturated rings. The molecule has 2 unspecified atom stereocenters. The fraction of sp³-hybridized carbons (Fsp3) is 0.357. The van der Waals surface area contributed by atoms with Crippen molar-refractivity contribution in [1.82, 2.24) is 19.7 Å². The monoisotopic (exact) mass is 317 g/mol. The minimum Gasteiger partial charge on any atom is -0.480 e. The lowest BCUT2D eigenvalue weighted by molar-refractivity contribution is -0.144. The third kappa shape index (κ3) is 2.60. The van der Waals surface area contributed by atoms with Gasteiger partial charge in [-0.1, -0.05) is 0 Å². The SMILES string of the molecule is CC(=O)N(CC(=O)O)C1CC1n1nc(C(N)=O)c2ccncc21. The molecule has 0 spiro atoms. The van der Waals surface area contributed by atoms with Crippen LogP contribution in [-0.2, 0) is 9.59 Å². The number of aromatic nitrogens is 3. The van der Waals surface area contributed by atoms with Crippen molar-refractivity contribution in [3.63, 3.8) is 0 Å². The Morgan fingerprint density at radius 2 is 2.22 bits per heavy atom. The summed E-state index contributed by atoms with van der Waals surface area (Å²) in [4.78, 5) is 39.4. The molecule has 23 heavy (non-hydrogen) atoms. The highest BCUT2D eigenvalue weighted by atomic mass is 16.4. The predicted octanol–water partition coefficient (Wildman–Crippen LogP) is -0.223. The van der Waals surface area contributed by atoms with Crippen molar-refractivity contribution in [3.8, 4) is 0 Å². The molecule has 1 aliphatic carbocycles. The summed E-state index contributed by atoms with van der Waals surface area (Å²) in [5.41, 5.74) is 6.12. The normalized spacial score (nSPS) is 19.5. The van der Waals surface area contributed by atoms with Gasteiger partial charge in [-0.05, 0) is 12.5 Å². The zero-order valence-corrected chi connectivity index (χ0v) is 12.3. The van der Waals surface area contributed by atoms with Crippen LogP contribution in [0.5, 0.6) is 0 Å². The number of pyridine rings is 1. The number of rotatable bonds is 5. The van der Waals surface area contributed by atoms with Crippen molar-refractivity contribution in [2.75, 3.05) is 6.54 Å². The highest BCUT2D eigenvalue weighted by Crippen LogP contribution is 2.42. The molecule has 3 N–H and O–H groups in total. The first-order valence-electron chi connectivity index (χ1n) is 7.01. The number of fused-ring (bicyclic) bond motifs is 1. The number of hydrogen-bond acceptors (Lipinski definition) is 5. The Hall–Kier alpha value is -2.97. The molecule has 0 aliphatic heterocycles. The maximum atomic E-state index is 11.7. The number of primary amides is 1. The molecule has 1 aliphatic rings. The van der Waals surface area contributed by atoms with Crippen molar-refractivity contribution < 1.29 is 19.5 Å². The van der Waals surface area contributed by atoms with Gasteiger partial charge in [-0.3, -0.25) is 24.0 Å². The number of amides is 2. The third-order valence-electron chi connectivity index (χ3n) is 3.89. The number of carbonyl (C=O) groups is 3. The van der Waals surface area contributed by atoms with Crippen LogP contribution in [0.15, 0.2) is 18.5 Å². The largest absolute Gasteiger partial charge is 0.480 e. The van der Waals surface area contributed by atoms with Crippen LogP contribution in [0.2, 0.25) is 0 Å². The maximum absolute atomic E-state index is 11.7. The van der Waals surface area contributed by atoms with Gasteiger partial charge in [0.05, 0.1) is 23.8 Å². The minimum atomic E-state index is -1.07. The summed E-state index contributed by atoms with van der Waals surface area (Å²) in [6.07, 6.45) is 3.67. The first-order valence-corrected chi connectivity index (χ1v) is 7.01. The van der Waals surface area contributed by atoms with E-state index in [2.05, 4.69) is 10.1 Å².